The van der Waals surface area contributed by atoms with Gasteiger partial charge in [-0.1, -0.05) is 42.5 Å². The van der Waals surface area contributed by atoms with Crippen LogP contribution in [0.5, 0.6) is 0 Å². The highest BCUT2D eigenvalue weighted by atomic mass is 14.6. The Labute approximate surface area is 77.8 Å². The first-order valence-corrected chi connectivity index (χ1v) is 4.19. The van der Waals surface area contributed by atoms with Crippen molar-refractivity contribution in [2.75, 3.05) is 5.73 Å². The minimum absolute atomic E-state index is 0.796. The molecule has 0 saturated heterocycles. The van der Waals surface area contributed by atoms with Gasteiger partial charge in [-0.15, -0.1) is 0 Å². The summed E-state index contributed by atoms with van der Waals surface area (Å²) in [4.78, 5) is 0. The van der Waals surface area contributed by atoms with Gasteiger partial charge in [-0.25, -0.2) is 0 Å². The summed E-state index contributed by atoms with van der Waals surface area (Å²) in [5.74, 6) is 0. The second-order valence-corrected chi connectivity index (χ2v) is 2.86. The second-order valence-electron chi connectivity index (χ2n) is 2.86. The fourth-order valence-corrected chi connectivity index (χ4v) is 1.30. The Morgan fingerprint density at radius 3 is 2.38 bits per heavy atom. The van der Waals surface area contributed by atoms with Gasteiger partial charge >= 0.3 is 0 Å². The van der Waals surface area contributed by atoms with Gasteiger partial charge in [0.25, 0.3) is 0 Å². The quantitative estimate of drug-likeness (QED) is 0.651. The molecular weight excluding hydrogens is 158 g/mol. The van der Waals surface area contributed by atoms with E-state index in [-0.39, 0.29) is 0 Å². The van der Waals surface area contributed by atoms with Crippen molar-refractivity contribution in [1.29, 1.82) is 0 Å². The number of rotatable bonds is 1. The van der Waals surface area contributed by atoms with E-state index in [0.29, 0.717) is 0 Å². The molecule has 0 aliphatic heterocycles. The maximum atomic E-state index is 5.83. The molecule has 63 valence electrons. The molecule has 0 aliphatic rings. The lowest BCUT2D eigenvalue weighted by Gasteiger charge is -2.03. The van der Waals surface area contributed by atoms with Gasteiger partial charge in [0.1, 0.15) is 0 Å². The van der Waals surface area contributed by atoms with E-state index in [1.165, 1.54) is 0 Å². The highest BCUT2D eigenvalue weighted by Crippen LogP contribution is 2.23. The molecule has 1 radical (unpaired) electrons. The topological polar surface area (TPSA) is 26.0 Å². The zero-order chi connectivity index (χ0) is 9.10. The van der Waals surface area contributed by atoms with Gasteiger partial charge < -0.3 is 5.73 Å². The summed E-state index contributed by atoms with van der Waals surface area (Å²) in [6.07, 6.45) is 0. The van der Waals surface area contributed by atoms with Crippen LogP contribution in [0.4, 0.5) is 5.69 Å². The van der Waals surface area contributed by atoms with Crippen LogP contribution in [0.1, 0.15) is 0 Å². The minimum Gasteiger partial charge on any atom is -0.398 e. The number of hydrogen-bond acceptors (Lipinski definition) is 1. The van der Waals surface area contributed by atoms with Gasteiger partial charge in [0.2, 0.25) is 0 Å². The van der Waals surface area contributed by atoms with Gasteiger partial charge in [-0.05, 0) is 17.7 Å². The van der Waals surface area contributed by atoms with Crippen molar-refractivity contribution >= 4 is 5.69 Å². The fourth-order valence-electron chi connectivity index (χ4n) is 1.30. The number of nitrogen functional groups attached to an aromatic ring is 1. The summed E-state index contributed by atoms with van der Waals surface area (Å²) in [6, 6.07) is 18.8. The van der Waals surface area contributed by atoms with E-state index in [2.05, 4.69) is 6.07 Å². The van der Waals surface area contributed by atoms with Crippen LogP contribution < -0.4 is 5.73 Å². The summed E-state index contributed by atoms with van der Waals surface area (Å²) in [6.45, 7) is 0. The molecule has 0 aromatic heterocycles. The maximum absolute atomic E-state index is 5.83. The predicted molar refractivity (Wildman–Crippen MR) is 55.1 cm³/mol. The van der Waals surface area contributed by atoms with Crippen molar-refractivity contribution < 1.29 is 0 Å². The third kappa shape index (κ3) is 1.54. The monoisotopic (exact) mass is 168 g/mol. The summed E-state index contributed by atoms with van der Waals surface area (Å²) in [5, 5.41) is 0. The van der Waals surface area contributed by atoms with Crippen molar-refractivity contribution in [1.82, 2.24) is 0 Å². The SMILES string of the molecule is Nc1ccccc1-c1[c]cccc1. The second kappa shape index (κ2) is 3.31. The first-order valence-electron chi connectivity index (χ1n) is 4.19. The molecule has 1 nitrogen and oxygen atoms in total. The van der Waals surface area contributed by atoms with Crippen molar-refractivity contribution in [3.8, 4) is 11.1 Å². The van der Waals surface area contributed by atoms with Gasteiger partial charge in [0.05, 0.1) is 0 Å². The molecule has 0 fully saturated rings. The van der Waals surface area contributed by atoms with E-state index in [4.69, 9.17) is 5.73 Å². The highest BCUT2D eigenvalue weighted by Gasteiger charge is 1.98. The Kier molecular flexibility index (Phi) is 2.01. The Bertz CT molecular complexity index is 393. The molecule has 13 heavy (non-hydrogen) atoms. The zero-order valence-electron chi connectivity index (χ0n) is 7.20. The molecule has 0 bridgehead atoms. The predicted octanol–water partition coefficient (Wildman–Crippen LogP) is 2.74. The molecule has 2 N–H and O–H groups in total. The molecule has 2 aromatic rings. The third-order valence-corrected chi connectivity index (χ3v) is 1.96. The molecule has 0 spiro atoms. The lowest BCUT2D eigenvalue weighted by Crippen LogP contribution is -1.88. The van der Waals surface area contributed by atoms with Gasteiger partial charge in [-0.2, -0.15) is 0 Å². The summed E-state index contributed by atoms with van der Waals surface area (Å²) >= 11 is 0. The first kappa shape index (κ1) is 7.87. The highest BCUT2D eigenvalue weighted by molar-refractivity contribution is 5.75. The van der Waals surface area contributed by atoms with Crippen LogP contribution in [-0.4, -0.2) is 0 Å². The smallest absolute Gasteiger partial charge is 0.0393 e. The van der Waals surface area contributed by atoms with Crippen LogP contribution in [0.15, 0.2) is 48.5 Å². The molecule has 2 rings (SSSR count). The molecule has 0 atom stereocenters. The van der Waals surface area contributed by atoms with Crippen LogP contribution >= 0.6 is 0 Å². The van der Waals surface area contributed by atoms with E-state index in [0.717, 1.165) is 16.8 Å². The average Bonchev–Trinajstić information content (AvgIpc) is 2.20. The van der Waals surface area contributed by atoms with Crippen molar-refractivity contribution in [2.24, 2.45) is 0 Å². The Morgan fingerprint density at radius 2 is 1.69 bits per heavy atom. The molecular formula is C12H10N. The minimum atomic E-state index is 0.796. The Balaban J connectivity index is 2.54. The zero-order valence-corrected chi connectivity index (χ0v) is 7.20. The summed E-state index contributed by atoms with van der Waals surface area (Å²) in [5.41, 5.74) is 8.72. The largest absolute Gasteiger partial charge is 0.398 e. The number of hydrogen-bond donors (Lipinski definition) is 1. The van der Waals surface area contributed by atoms with Crippen LogP contribution in [0.25, 0.3) is 11.1 Å². The maximum Gasteiger partial charge on any atom is 0.0393 e. The van der Waals surface area contributed by atoms with Crippen LogP contribution in [0, 0.1) is 6.07 Å². The van der Waals surface area contributed by atoms with Crippen molar-refractivity contribution in [3.63, 3.8) is 0 Å². The Hall–Kier alpha value is -1.76. The van der Waals surface area contributed by atoms with Crippen LogP contribution in [0.3, 0.4) is 0 Å². The van der Waals surface area contributed by atoms with Gasteiger partial charge in [-0.3, -0.25) is 0 Å². The molecule has 1 heteroatoms. The van der Waals surface area contributed by atoms with E-state index >= 15 is 0 Å². The van der Waals surface area contributed by atoms with Crippen molar-refractivity contribution in [3.05, 3.63) is 54.6 Å². The summed E-state index contributed by atoms with van der Waals surface area (Å²) in [7, 11) is 0. The van der Waals surface area contributed by atoms with Crippen LogP contribution in [-0.2, 0) is 0 Å². The lowest BCUT2D eigenvalue weighted by atomic mass is 10.0. The van der Waals surface area contributed by atoms with E-state index in [1.54, 1.807) is 0 Å². The Morgan fingerprint density at radius 1 is 0.923 bits per heavy atom. The van der Waals surface area contributed by atoms with Gasteiger partial charge in [0, 0.05) is 11.3 Å². The van der Waals surface area contributed by atoms with Crippen molar-refractivity contribution in [2.45, 2.75) is 0 Å². The number of para-hydroxylation sites is 1. The molecule has 0 amide bonds. The van der Waals surface area contributed by atoms with Crippen LogP contribution in [0.2, 0.25) is 0 Å². The molecule has 0 heterocycles. The number of benzene rings is 2. The molecule has 2 aromatic carbocycles. The molecule has 0 saturated carbocycles. The first-order chi connectivity index (χ1) is 6.38. The lowest BCUT2D eigenvalue weighted by molar-refractivity contribution is 1.60. The van der Waals surface area contributed by atoms with E-state index in [9.17, 15) is 0 Å². The van der Waals surface area contributed by atoms with Gasteiger partial charge in [0.15, 0.2) is 0 Å². The fraction of sp³-hybridized carbons (Fsp3) is 0. The van der Waals surface area contributed by atoms with E-state index in [1.807, 2.05) is 48.5 Å². The third-order valence-electron chi connectivity index (χ3n) is 1.96. The van der Waals surface area contributed by atoms with E-state index < -0.39 is 0 Å². The molecule has 0 aliphatic carbocycles. The average molecular weight is 168 g/mol. The number of nitrogens with two attached hydrogens (primary N) is 1. The summed E-state index contributed by atoms with van der Waals surface area (Å²) < 4.78 is 0. The normalized spacial score (nSPS) is 9.85. The standard InChI is InChI=1S/C12H10N/c13-12-9-5-4-8-11(12)10-6-2-1-3-7-10/h1-6,8-9H,13H2. The number of anilines is 1. The molecule has 0 unspecified atom stereocenters.